The molecule has 1 fully saturated rings. The van der Waals surface area contributed by atoms with Crippen LogP contribution in [0.5, 0.6) is 0 Å². The molecule has 37 heavy (non-hydrogen) atoms. The molecule has 0 saturated carbocycles. The first-order valence-corrected chi connectivity index (χ1v) is 13.1. The molecule has 2 aliphatic heterocycles. The van der Waals surface area contributed by atoms with Crippen LogP contribution in [0.1, 0.15) is 43.9 Å². The van der Waals surface area contributed by atoms with Gasteiger partial charge in [0.2, 0.25) is 5.95 Å². The second-order valence-corrected chi connectivity index (χ2v) is 11.1. The Morgan fingerprint density at radius 3 is 2.78 bits per heavy atom. The van der Waals surface area contributed by atoms with Crippen molar-refractivity contribution in [3.8, 4) is 17.2 Å². The maximum atomic E-state index is 16.5. The molecule has 0 aliphatic carbocycles. The molecular formula is C27H26F2N6OS. The molecule has 3 N–H and O–H groups in total. The largest absolute Gasteiger partial charge is 0.389 e. The van der Waals surface area contributed by atoms with E-state index < -0.39 is 11.6 Å². The molecule has 0 bridgehead atoms. The second-order valence-electron chi connectivity index (χ2n) is 9.97. The van der Waals surface area contributed by atoms with Gasteiger partial charge in [0.05, 0.1) is 18.8 Å². The number of nitrogens with zero attached hydrogens (tertiary/aromatic N) is 4. The maximum Gasteiger partial charge on any atom is 0.226 e. The number of anilines is 2. The van der Waals surface area contributed by atoms with Gasteiger partial charge in [-0.15, -0.1) is 11.3 Å². The normalized spacial score (nSPS) is 19.3. The number of aromatic nitrogens is 2. The van der Waals surface area contributed by atoms with Crippen molar-refractivity contribution in [2.24, 2.45) is 0 Å². The van der Waals surface area contributed by atoms with Crippen LogP contribution in [0.15, 0.2) is 18.3 Å². The summed E-state index contributed by atoms with van der Waals surface area (Å²) in [6.07, 6.45) is 2.57. The Balaban J connectivity index is 1.58. The van der Waals surface area contributed by atoms with Crippen molar-refractivity contribution in [3.05, 3.63) is 46.7 Å². The van der Waals surface area contributed by atoms with Gasteiger partial charge in [0.15, 0.2) is 5.82 Å². The quantitative estimate of drug-likeness (QED) is 0.380. The number of thiophene rings is 1. The summed E-state index contributed by atoms with van der Waals surface area (Å²) >= 11 is 1.18. The monoisotopic (exact) mass is 520 g/mol. The van der Waals surface area contributed by atoms with Gasteiger partial charge in [-0.2, -0.15) is 5.26 Å². The molecule has 10 heteroatoms. The molecule has 2 atom stereocenters. The zero-order chi connectivity index (χ0) is 26.0. The number of nitrogen functional groups attached to an aromatic ring is 1. The fourth-order valence-corrected chi connectivity index (χ4v) is 6.64. The highest BCUT2D eigenvalue weighted by Gasteiger charge is 2.34. The number of rotatable bonds is 4. The number of nitriles is 1. The number of hydrogen-bond donors (Lipinski definition) is 2. The average Bonchev–Trinajstić information content (AvgIpc) is 3.57. The summed E-state index contributed by atoms with van der Waals surface area (Å²) in [6.45, 7) is 7.45. The van der Waals surface area contributed by atoms with Crippen LogP contribution in [0, 0.1) is 23.0 Å². The van der Waals surface area contributed by atoms with E-state index in [0.29, 0.717) is 33.0 Å². The summed E-state index contributed by atoms with van der Waals surface area (Å²) in [5.74, 6) is -0.834. The number of benzene rings is 2. The van der Waals surface area contributed by atoms with Gasteiger partial charge in [0.1, 0.15) is 22.4 Å². The summed E-state index contributed by atoms with van der Waals surface area (Å²) in [4.78, 5) is 11.4. The summed E-state index contributed by atoms with van der Waals surface area (Å²) in [5, 5.41) is 14.5. The van der Waals surface area contributed by atoms with Gasteiger partial charge >= 0.3 is 0 Å². The molecule has 2 aromatic carbocycles. The molecule has 1 saturated heterocycles. The van der Waals surface area contributed by atoms with E-state index >= 15 is 8.78 Å². The van der Waals surface area contributed by atoms with Gasteiger partial charge in [-0.1, -0.05) is 13.8 Å². The molecule has 7 nitrogen and oxygen atoms in total. The van der Waals surface area contributed by atoms with Crippen LogP contribution in [0.25, 0.3) is 32.1 Å². The van der Waals surface area contributed by atoms with E-state index in [1.807, 2.05) is 0 Å². The first-order valence-electron chi connectivity index (χ1n) is 12.3. The minimum absolute atomic E-state index is 0.0269. The Bertz CT molecular complexity index is 1610. The van der Waals surface area contributed by atoms with Crippen LogP contribution >= 0.6 is 11.3 Å². The van der Waals surface area contributed by atoms with Crippen molar-refractivity contribution in [3.63, 3.8) is 0 Å². The predicted molar refractivity (Wildman–Crippen MR) is 141 cm³/mol. The third kappa shape index (κ3) is 3.64. The fraction of sp³-hybridized carbons (Fsp3) is 0.370. The highest BCUT2D eigenvalue weighted by Crippen LogP contribution is 2.46. The van der Waals surface area contributed by atoms with E-state index in [-0.39, 0.29) is 52.5 Å². The molecule has 0 amide bonds. The SMILES string of the molecule is CC(C)N[C@H]1CCN(c2ncc3c4c(c(-c5c(F)ccc6sc(N)c(C#N)c56)c(F)c3n2)COC4)[C@@H]1C. The van der Waals surface area contributed by atoms with E-state index in [0.717, 1.165) is 18.5 Å². The molecule has 0 spiro atoms. The van der Waals surface area contributed by atoms with Crippen LogP contribution < -0.4 is 16.0 Å². The number of halogens is 2. The molecule has 2 aliphatic rings. The van der Waals surface area contributed by atoms with Crippen LogP contribution in [0.4, 0.5) is 19.7 Å². The van der Waals surface area contributed by atoms with Crippen LogP contribution in [-0.2, 0) is 18.0 Å². The lowest BCUT2D eigenvalue weighted by Crippen LogP contribution is -2.43. The Hall–Kier alpha value is -3.39. The van der Waals surface area contributed by atoms with Crippen molar-refractivity contribution >= 4 is 43.3 Å². The van der Waals surface area contributed by atoms with Gasteiger partial charge in [-0.05, 0) is 36.6 Å². The highest BCUT2D eigenvalue weighted by molar-refractivity contribution is 7.23. The van der Waals surface area contributed by atoms with E-state index in [9.17, 15) is 5.26 Å². The minimum atomic E-state index is -0.647. The van der Waals surface area contributed by atoms with Crippen LogP contribution in [0.3, 0.4) is 0 Å². The maximum absolute atomic E-state index is 16.5. The van der Waals surface area contributed by atoms with Crippen molar-refractivity contribution < 1.29 is 13.5 Å². The van der Waals surface area contributed by atoms with Crippen molar-refractivity contribution in [2.45, 2.75) is 58.5 Å². The summed E-state index contributed by atoms with van der Waals surface area (Å²) in [5.41, 5.74) is 7.74. The molecule has 4 aromatic rings. The first kappa shape index (κ1) is 24.0. The molecule has 0 unspecified atom stereocenters. The third-order valence-corrected chi connectivity index (χ3v) is 8.43. The zero-order valence-electron chi connectivity index (χ0n) is 20.7. The Morgan fingerprint density at radius 2 is 2.03 bits per heavy atom. The minimum Gasteiger partial charge on any atom is -0.389 e. The number of ether oxygens (including phenoxy) is 1. The lowest BCUT2D eigenvalue weighted by molar-refractivity contribution is 0.135. The molecule has 6 rings (SSSR count). The molecule has 4 heterocycles. The fourth-order valence-electron chi connectivity index (χ4n) is 5.72. The number of fused-ring (bicyclic) bond motifs is 4. The smallest absolute Gasteiger partial charge is 0.226 e. The molecule has 0 radical (unpaired) electrons. The average molecular weight is 521 g/mol. The van der Waals surface area contributed by atoms with E-state index in [4.69, 9.17) is 10.5 Å². The zero-order valence-corrected chi connectivity index (χ0v) is 21.5. The molecule has 2 aromatic heterocycles. The Morgan fingerprint density at radius 1 is 1.24 bits per heavy atom. The predicted octanol–water partition coefficient (Wildman–Crippen LogP) is 5.24. The second kappa shape index (κ2) is 8.87. The van der Waals surface area contributed by atoms with Crippen LogP contribution in [0.2, 0.25) is 0 Å². The lowest BCUT2D eigenvalue weighted by Gasteiger charge is -2.26. The third-order valence-electron chi connectivity index (χ3n) is 7.44. The Kier molecular flexibility index (Phi) is 5.75. The first-order chi connectivity index (χ1) is 17.8. The number of nitrogens with two attached hydrogens (primary N) is 1. The van der Waals surface area contributed by atoms with Crippen molar-refractivity contribution in [2.75, 3.05) is 17.2 Å². The van der Waals surface area contributed by atoms with Gasteiger partial charge in [0, 0.05) is 57.5 Å². The summed E-state index contributed by atoms with van der Waals surface area (Å²) < 4.78 is 38.3. The van der Waals surface area contributed by atoms with E-state index in [2.05, 4.69) is 47.0 Å². The standard InChI is InChI=1S/C27H26F2N6OS/c1-12(2)33-19-6-7-35(13(19)3)27-32-9-15-16-10-36-11-17(16)22(24(29)25(15)34-27)23-18(28)4-5-20-21(23)14(8-30)26(31)37-20/h4-5,9,12-13,19,33H,6-7,10-11,31H2,1-3H3/t13-,19+/m1/s1. The lowest BCUT2D eigenvalue weighted by atomic mass is 9.90. The van der Waals surface area contributed by atoms with Gasteiger partial charge in [-0.3, -0.25) is 0 Å². The summed E-state index contributed by atoms with van der Waals surface area (Å²) in [6, 6.07) is 5.68. The van der Waals surface area contributed by atoms with E-state index in [1.165, 1.54) is 17.4 Å². The van der Waals surface area contributed by atoms with E-state index in [1.54, 1.807) is 12.3 Å². The molecular weight excluding hydrogens is 494 g/mol. The number of hydrogen-bond acceptors (Lipinski definition) is 8. The Labute approximate surface area is 216 Å². The van der Waals surface area contributed by atoms with Crippen LogP contribution in [-0.4, -0.2) is 34.6 Å². The van der Waals surface area contributed by atoms with Gasteiger partial charge in [-0.25, -0.2) is 18.7 Å². The van der Waals surface area contributed by atoms with Crippen molar-refractivity contribution in [1.29, 1.82) is 5.26 Å². The summed E-state index contributed by atoms with van der Waals surface area (Å²) in [7, 11) is 0. The highest BCUT2D eigenvalue weighted by atomic mass is 32.1. The van der Waals surface area contributed by atoms with Gasteiger partial charge in [0.25, 0.3) is 0 Å². The van der Waals surface area contributed by atoms with Crippen molar-refractivity contribution in [1.82, 2.24) is 15.3 Å². The van der Waals surface area contributed by atoms with Gasteiger partial charge < -0.3 is 20.7 Å². The topological polar surface area (TPSA) is 100 Å². The number of nitrogens with one attached hydrogen (secondary N) is 1. The molecule has 190 valence electrons.